The predicted octanol–water partition coefficient (Wildman–Crippen LogP) is 2.76. The third kappa shape index (κ3) is 2.37. The van der Waals surface area contributed by atoms with Crippen molar-refractivity contribution in [2.75, 3.05) is 0 Å². The summed E-state index contributed by atoms with van der Waals surface area (Å²) in [6.07, 6.45) is 1.59. The molecule has 0 radical (unpaired) electrons. The summed E-state index contributed by atoms with van der Waals surface area (Å²) in [7, 11) is -1.24. The minimum Gasteiger partial charge on any atom is -0.234 e. The fourth-order valence-electron chi connectivity index (χ4n) is 1.94. The van der Waals surface area contributed by atoms with Gasteiger partial charge in [0.25, 0.3) is 0 Å². The lowest BCUT2D eigenvalue weighted by atomic mass is 10.0. The molecule has 94 valence electrons. The van der Waals surface area contributed by atoms with E-state index in [1.54, 1.807) is 0 Å². The van der Waals surface area contributed by atoms with Gasteiger partial charge < -0.3 is 0 Å². The van der Waals surface area contributed by atoms with Gasteiger partial charge in [-0.2, -0.15) is 9.66 Å². The smallest absolute Gasteiger partial charge is 0.145 e. The van der Waals surface area contributed by atoms with Crippen molar-refractivity contribution >= 4 is 16.7 Å². The summed E-state index contributed by atoms with van der Waals surface area (Å²) in [6, 6.07) is 7.84. The molecule has 0 saturated heterocycles. The Morgan fingerprint density at radius 3 is 2.67 bits per heavy atom. The van der Waals surface area contributed by atoms with Crippen molar-refractivity contribution in [3.05, 3.63) is 34.9 Å². The van der Waals surface area contributed by atoms with Gasteiger partial charge in [0.05, 0.1) is 22.1 Å². The van der Waals surface area contributed by atoms with Crippen LogP contribution in [0.15, 0.2) is 22.6 Å². The lowest BCUT2D eigenvalue weighted by Gasteiger charge is -2.14. The summed E-state index contributed by atoms with van der Waals surface area (Å²) < 4.78 is 16.0. The molecule has 1 aliphatic rings. The fraction of sp³-hybridized carbons (Fsp3) is 0.429. The van der Waals surface area contributed by atoms with Gasteiger partial charge in [0.1, 0.15) is 11.0 Å². The molecule has 1 atom stereocenters. The lowest BCUT2D eigenvalue weighted by Crippen LogP contribution is -2.20. The summed E-state index contributed by atoms with van der Waals surface area (Å²) in [4.78, 5) is 0. The second-order valence-electron chi connectivity index (χ2n) is 5.34. The van der Waals surface area contributed by atoms with Crippen molar-refractivity contribution in [1.29, 1.82) is 5.26 Å². The second kappa shape index (κ2) is 4.66. The average molecular weight is 260 g/mol. The van der Waals surface area contributed by atoms with E-state index in [1.807, 2.05) is 39.0 Å². The van der Waals surface area contributed by atoms with Crippen LogP contribution >= 0.6 is 0 Å². The van der Waals surface area contributed by atoms with Crippen LogP contribution in [0, 0.1) is 11.3 Å². The number of nitrogens with zero attached hydrogens (tertiary/aromatic N) is 2. The number of nitriles is 1. The largest absolute Gasteiger partial charge is 0.234 e. The van der Waals surface area contributed by atoms with Crippen LogP contribution < -0.4 is 0 Å². The van der Waals surface area contributed by atoms with Crippen LogP contribution in [0.5, 0.6) is 0 Å². The summed E-state index contributed by atoms with van der Waals surface area (Å²) in [6.45, 7) is 5.73. The van der Waals surface area contributed by atoms with E-state index in [2.05, 4.69) is 10.5 Å². The Kier molecular flexibility index (Phi) is 3.36. The van der Waals surface area contributed by atoms with Crippen LogP contribution in [-0.2, 0) is 17.4 Å². The SMILES string of the molecule is CC(C)(C)[S@](=O)/N=C1\CCc2c(C#N)cccc21. The van der Waals surface area contributed by atoms with Gasteiger partial charge >= 0.3 is 0 Å². The first kappa shape index (κ1) is 13.0. The third-order valence-electron chi connectivity index (χ3n) is 2.94. The second-order valence-corrected chi connectivity index (χ2v) is 7.25. The molecule has 0 N–H and O–H groups in total. The predicted molar refractivity (Wildman–Crippen MR) is 73.9 cm³/mol. The highest BCUT2D eigenvalue weighted by Gasteiger charge is 2.24. The topological polar surface area (TPSA) is 53.2 Å². The summed E-state index contributed by atoms with van der Waals surface area (Å²) in [5, 5.41) is 9.05. The van der Waals surface area contributed by atoms with E-state index in [4.69, 9.17) is 5.26 Å². The van der Waals surface area contributed by atoms with E-state index in [0.717, 1.165) is 29.7 Å². The van der Waals surface area contributed by atoms with E-state index in [0.29, 0.717) is 5.56 Å². The molecule has 1 aromatic carbocycles. The lowest BCUT2D eigenvalue weighted by molar-refractivity contribution is 0.650. The number of hydrogen-bond acceptors (Lipinski definition) is 2. The fourth-order valence-corrected chi connectivity index (χ4v) is 2.60. The van der Waals surface area contributed by atoms with Crippen LogP contribution in [0.1, 0.15) is 43.9 Å². The molecule has 0 unspecified atom stereocenters. The monoisotopic (exact) mass is 260 g/mol. The Labute approximate surface area is 110 Å². The summed E-state index contributed by atoms with van der Waals surface area (Å²) in [5.41, 5.74) is 3.62. The zero-order valence-corrected chi connectivity index (χ0v) is 11.7. The molecule has 3 nitrogen and oxygen atoms in total. The first-order chi connectivity index (χ1) is 8.43. The molecule has 2 rings (SSSR count). The van der Waals surface area contributed by atoms with Crippen LogP contribution in [-0.4, -0.2) is 14.7 Å². The number of rotatable bonds is 1. The van der Waals surface area contributed by atoms with Gasteiger partial charge in [0, 0.05) is 5.56 Å². The van der Waals surface area contributed by atoms with Crippen molar-refractivity contribution in [3.63, 3.8) is 0 Å². The Morgan fingerprint density at radius 1 is 1.33 bits per heavy atom. The molecule has 0 fully saturated rings. The van der Waals surface area contributed by atoms with Crippen molar-refractivity contribution < 1.29 is 4.21 Å². The van der Waals surface area contributed by atoms with E-state index in [9.17, 15) is 4.21 Å². The van der Waals surface area contributed by atoms with Crippen molar-refractivity contribution in [3.8, 4) is 6.07 Å². The Hall–Kier alpha value is -1.47. The molecule has 0 heterocycles. The minimum atomic E-state index is -1.24. The van der Waals surface area contributed by atoms with Gasteiger partial charge in [-0.05, 0) is 45.2 Å². The highest BCUT2D eigenvalue weighted by atomic mass is 32.2. The van der Waals surface area contributed by atoms with Crippen LogP contribution in [0.4, 0.5) is 0 Å². The van der Waals surface area contributed by atoms with Gasteiger partial charge in [0.2, 0.25) is 0 Å². The molecular weight excluding hydrogens is 244 g/mol. The Bertz CT molecular complexity index is 576. The first-order valence-corrected chi connectivity index (χ1v) is 7.06. The molecule has 0 amide bonds. The average Bonchev–Trinajstić information content (AvgIpc) is 2.71. The maximum absolute atomic E-state index is 12.0. The zero-order chi connectivity index (χ0) is 13.3. The molecule has 0 saturated carbocycles. The quantitative estimate of drug-likeness (QED) is 0.779. The molecular formula is C14H16N2OS. The highest BCUT2D eigenvalue weighted by molar-refractivity contribution is 7.85. The maximum Gasteiger partial charge on any atom is 0.145 e. The minimum absolute atomic E-state index is 0.345. The number of hydrogen-bond donors (Lipinski definition) is 0. The summed E-state index contributed by atoms with van der Waals surface area (Å²) in [5.74, 6) is 0. The van der Waals surface area contributed by atoms with E-state index in [-0.39, 0.29) is 4.75 Å². The summed E-state index contributed by atoms with van der Waals surface area (Å²) >= 11 is 0. The molecule has 18 heavy (non-hydrogen) atoms. The van der Waals surface area contributed by atoms with E-state index in [1.165, 1.54) is 0 Å². The van der Waals surface area contributed by atoms with Crippen LogP contribution in [0.25, 0.3) is 0 Å². The molecule has 0 spiro atoms. The zero-order valence-electron chi connectivity index (χ0n) is 10.9. The van der Waals surface area contributed by atoms with Crippen molar-refractivity contribution in [2.24, 2.45) is 4.40 Å². The molecule has 0 aromatic heterocycles. The van der Waals surface area contributed by atoms with Gasteiger partial charge in [0.15, 0.2) is 0 Å². The molecule has 0 aliphatic heterocycles. The van der Waals surface area contributed by atoms with Gasteiger partial charge in [-0.25, -0.2) is 4.21 Å². The third-order valence-corrected chi connectivity index (χ3v) is 4.37. The maximum atomic E-state index is 12.0. The number of fused-ring (bicyclic) bond motifs is 1. The van der Waals surface area contributed by atoms with E-state index >= 15 is 0 Å². The molecule has 4 heteroatoms. The van der Waals surface area contributed by atoms with Crippen LogP contribution in [0.3, 0.4) is 0 Å². The highest BCUT2D eigenvalue weighted by Crippen LogP contribution is 2.27. The normalized spacial score (nSPS) is 18.4. The Balaban J connectivity index is 2.42. The number of benzene rings is 1. The first-order valence-electron chi connectivity index (χ1n) is 5.95. The van der Waals surface area contributed by atoms with Crippen molar-refractivity contribution in [1.82, 2.24) is 0 Å². The molecule has 1 aromatic rings. The van der Waals surface area contributed by atoms with Crippen LogP contribution in [0.2, 0.25) is 0 Å². The Morgan fingerprint density at radius 2 is 2.06 bits per heavy atom. The van der Waals surface area contributed by atoms with Crippen molar-refractivity contribution in [2.45, 2.75) is 38.4 Å². The standard InChI is InChI=1S/C14H16N2OS/c1-14(2,3)18(17)16-13-8-7-11-10(9-15)5-4-6-12(11)13/h4-6H,7-8H2,1-3H3/b16-13+/t18-/m0/s1. The molecule has 1 aliphatic carbocycles. The molecule has 0 bridgehead atoms. The van der Waals surface area contributed by atoms with Gasteiger partial charge in [-0.3, -0.25) is 0 Å². The van der Waals surface area contributed by atoms with Gasteiger partial charge in [-0.1, -0.05) is 12.1 Å². The van der Waals surface area contributed by atoms with E-state index < -0.39 is 11.0 Å². The van der Waals surface area contributed by atoms with Gasteiger partial charge in [-0.15, -0.1) is 0 Å².